The summed E-state index contributed by atoms with van der Waals surface area (Å²) in [6, 6.07) is 11.7. The summed E-state index contributed by atoms with van der Waals surface area (Å²) in [4.78, 5) is 0. The van der Waals surface area contributed by atoms with E-state index >= 15 is 0 Å². The molecule has 0 aliphatic heterocycles. The zero-order valence-corrected chi connectivity index (χ0v) is 12.6. The van der Waals surface area contributed by atoms with Crippen molar-refractivity contribution >= 4 is 23.2 Å². The summed E-state index contributed by atoms with van der Waals surface area (Å²) in [6.07, 6.45) is 0.684. The fourth-order valence-corrected chi connectivity index (χ4v) is 2.60. The Morgan fingerprint density at radius 3 is 2.53 bits per heavy atom. The average molecular weight is 294 g/mol. The van der Waals surface area contributed by atoms with Gasteiger partial charge in [0.05, 0.1) is 0 Å². The molecule has 0 radical (unpaired) electrons. The van der Waals surface area contributed by atoms with Gasteiger partial charge in [-0.15, -0.1) is 0 Å². The van der Waals surface area contributed by atoms with Crippen molar-refractivity contribution < 1.29 is 0 Å². The Balaban J connectivity index is 2.27. The van der Waals surface area contributed by atoms with E-state index in [1.54, 1.807) is 6.07 Å². The lowest BCUT2D eigenvalue weighted by molar-refractivity contribution is 0.716. The lowest BCUT2D eigenvalue weighted by Crippen LogP contribution is -2.15. The first kappa shape index (κ1) is 14.4. The smallest absolute Gasteiger partial charge is 0.0439 e. The fraction of sp³-hybridized carbons (Fsp3) is 0.250. The highest BCUT2D eigenvalue weighted by molar-refractivity contribution is 6.33. The van der Waals surface area contributed by atoms with E-state index in [0.29, 0.717) is 16.5 Å². The molecule has 0 heterocycles. The van der Waals surface area contributed by atoms with Gasteiger partial charge in [-0.05, 0) is 55.2 Å². The van der Waals surface area contributed by atoms with Crippen LogP contribution < -0.4 is 5.73 Å². The molecule has 2 rings (SSSR count). The van der Waals surface area contributed by atoms with Crippen LogP contribution in [0.25, 0.3) is 0 Å². The van der Waals surface area contributed by atoms with Crippen LogP contribution in [0.15, 0.2) is 36.4 Å². The Kier molecular flexibility index (Phi) is 4.51. The summed E-state index contributed by atoms with van der Waals surface area (Å²) in [5.41, 5.74) is 10.9. The van der Waals surface area contributed by atoms with Crippen LogP contribution in [0.5, 0.6) is 0 Å². The molecule has 0 aromatic heterocycles. The fourth-order valence-electron chi connectivity index (χ4n) is 2.21. The van der Waals surface area contributed by atoms with Crippen molar-refractivity contribution in [2.45, 2.75) is 26.3 Å². The van der Waals surface area contributed by atoms with Crippen LogP contribution in [0.4, 0.5) is 0 Å². The average Bonchev–Trinajstić information content (AvgIpc) is 2.36. The molecule has 1 nitrogen and oxygen atoms in total. The van der Waals surface area contributed by atoms with E-state index < -0.39 is 0 Å². The molecule has 2 aromatic rings. The van der Waals surface area contributed by atoms with Gasteiger partial charge in [-0.1, -0.05) is 47.0 Å². The first-order chi connectivity index (χ1) is 8.97. The standard InChI is InChI=1S/C16H17Cl2N/c1-10-3-4-11(2)14(7-10)16(19)9-12-8-13(17)5-6-15(12)18/h3-8,16H,9,19H2,1-2H3. The Morgan fingerprint density at radius 1 is 1.05 bits per heavy atom. The number of nitrogens with two attached hydrogens (primary N) is 1. The second-order valence-corrected chi connectivity index (χ2v) is 5.75. The lowest BCUT2D eigenvalue weighted by atomic mass is 9.94. The van der Waals surface area contributed by atoms with Gasteiger partial charge in [0.15, 0.2) is 0 Å². The van der Waals surface area contributed by atoms with Gasteiger partial charge in [0.1, 0.15) is 0 Å². The topological polar surface area (TPSA) is 26.0 Å². The van der Waals surface area contributed by atoms with Gasteiger partial charge in [0.2, 0.25) is 0 Å². The van der Waals surface area contributed by atoms with Crippen LogP contribution in [-0.4, -0.2) is 0 Å². The molecule has 0 saturated heterocycles. The van der Waals surface area contributed by atoms with Crippen LogP contribution in [0.2, 0.25) is 10.0 Å². The van der Waals surface area contributed by atoms with Gasteiger partial charge in [-0.2, -0.15) is 0 Å². The number of rotatable bonds is 3. The van der Waals surface area contributed by atoms with E-state index in [1.807, 2.05) is 12.1 Å². The highest BCUT2D eigenvalue weighted by Gasteiger charge is 2.12. The lowest BCUT2D eigenvalue weighted by Gasteiger charge is -2.16. The largest absolute Gasteiger partial charge is 0.324 e. The number of hydrogen-bond acceptors (Lipinski definition) is 1. The maximum absolute atomic E-state index is 6.31. The normalized spacial score (nSPS) is 12.5. The summed E-state index contributed by atoms with van der Waals surface area (Å²) < 4.78 is 0. The molecule has 1 atom stereocenters. The molecular formula is C16H17Cl2N. The van der Waals surface area contributed by atoms with Crippen molar-refractivity contribution in [1.82, 2.24) is 0 Å². The van der Waals surface area contributed by atoms with Gasteiger partial charge in [0, 0.05) is 16.1 Å². The van der Waals surface area contributed by atoms with E-state index in [0.717, 1.165) is 11.1 Å². The van der Waals surface area contributed by atoms with Gasteiger partial charge in [-0.3, -0.25) is 0 Å². The van der Waals surface area contributed by atoms with E-state index in [-0.39, 0.29) is 6.04 Å². The highest BCUT2D eigenvalue weighted by atomic mass is 35.5. The predicted molar refractivity (Wildman–Crippen MR) is 83.0 cm³/mol. The quantitative estimate of drug-likeness (QED) is 0.860. The number of benzene rings is 2. The van der Waals surface area contributed by atoms with Crippen molar-refractivity contribution in [3.8, 4) is 0 Å². The summed E-state index contributed by atoms with van der Waals surface area (Å²) in [7, 11) is 0. The molecule has 19 heavy (non-hydrogen) atoms. The zero-order chi connectivity index (χ0) is 14.0. The molecule has 0 aliphatic carbocycles. The number of aryl methyl sites for hydroxylation is 2. The van der Waals surface area contributed by atoms with E-state index in [2.05, 4.69) is 32.0 Å². The Bertz CT molecular complexity index is 593. The Morgan fingerprint density at radius 2 is 1.79 bits per heavy atom. The van der Waals surface area contributed by atoms with Gasteiger partial charge in [0.25, 0.3) is 0 Å². The SMILES string of the molecule is Cc1ccc(C)c(C(N)Cc2cc(Cl)ccc2Cl)c1. The summed E-state index contributed by atoms with van der Waals surface area (Å²) in [5.74, 6) is 0. The van der Waals surface area contributed by atoms with Gasteiger partial charge < -0.3 is 5.73 Å². The molecule has 0 saturated carbocycles. The maximum atomic E-state index is 6.31. The molecule has 3 heteroatoms. The van der Waals surface area contributed by atoms with Gasteiger partial charge in [-0.25, -0.2) is 0 Å². The van der Waals surface area contributed by atoms with Gasteiger partial charge >= 0.3 is 0 Å². The minimum Gasteiger partial charge on any atom is -0.324 e. The van der Waals surface area contributed by atoms with Crippen molar-refractivity contribution in [3.05, 3.63) is 68.7 Å². The van der Waals surface area contributed by atoms with Crippen LogP contribution in [0.1, 0.15) is 28.3 Å². The molecule has 0 fully saturated rings. The molecule has 0 aliphatic rings. The third-order valence-electron chi connectivity index (χ3n) is 3.28. The summed E-state index contributed by atoms with van der Waals surface area (Å²) >= 11 is 12.2. The molecular weight excluding hydrogens is 277 g/mol. The molecule has 2 aromatic carbocycles. The third-order valence-corrected chi connectivity index (χ3v) is 3.89. The Labute approximate surface area is 124 Å². The van der Waals surface area contributed by atoms with Crippen molar-refractivity contribution in [3.63, 3.8) is 0 Å². The predicted octanol–water partition coefficient (Wildman–Crippen LogP) is 4.85. The second kappa shape index (κ2) is 5.96. The molecule has 100 valence electrons. The number of hydrogen-bond donors (Lipinski definition) is 1. The second-order valence-electron chi connectivity index (χ2n) is 4.91. The minimum absolute atomic E-state index is 0.0733. The molecule has 0 bridgehead atoms. The monoisotopic (exact) mass is 293 g/mol. The number of halogens is 2. The van der Waals surface area contributed by atoms with Crippen molar-refractivity contribution in [2.75, 3.05) is 0 Å². The summed E-state index contributed by atoms with van der Waals surface area (Å²) in [6.45, 7) is 4.15. The van der Waals surface area contributed by atoms with Crippen molar-refractivity contribution in [2.24, 2.45) is 5.73 Å². The first-order valence-corrected chi connectivity index (χ1v) is 6.99. The van der Waals surface area contributed by atoms with Crippen LogP contribution in [0, 0.1) is 13.8 Å². The highest BCUT2D eigenvalue weighted by Crippen LogP contribution is 2.26. The van der Waals surface area contributed by atoms with Crippen molar-refractivity contribution in [1.29, 1.82) is 0 Å². The minimum atomic E-state index is -0.0733. The first-order valence-electron chi connectivity index (χ1n) is 6.24. The third kappa shape index (κ3) is 3.50. The molecule has 0 amide bonds. The molecule has 0 spiro atoms. The van der Waals surface area contributed by atoms with Crippen LogP contribution >= 0.6 is 23.2 Å². The zero-order valence-electron chi connectivity index (χ0n) is 11.1. The molecule has 1 unspecified atom stereocenters. The van der Waals surface area contributed by atoms with Crippen LogP contribution in [-0.2, 0) is 6.42 Å². The van der Waals surface area contributed by atoms with E-state index in [1.165, 1.54) is 11.1 Å². The van der Waals surface area contributed by atoms with E-state index in [4.69, 9.17) is 28.9 Å². The Hall–Kier alpha value is -1.02. The maximum Gasteiger partial charge on any atom is 0.0439 e. The molecule has 2 N–H and O–H groups in total. The van der Waals surface area contributed by atoms with E-state index in [9.17, 15) is 0 Å². The summed E-state index contributed by atoms with van der Waals surface area (Å²) in [5, 5.41) is 1.40. The van der Waals surface area contributed by atoms with Crippen LogP contribution in [0.3, 0.4) is 0 Å².